The largest absolute Gasteiger partial charge is 0.469 e. The average molecular weight is 258 g/mol. The smallest absolute Gasteiger partial charge is 0.308 e. The molecule has 1 atom stereocenters. The van der Waals surface area contributed by atoms with E-state index < -0.39 is 0 Å². The number of likely N-dealkylation sites (tertiary alicyclic amines) is 1. The van der Waals surface area contributed by atoms with Crippen molar-refractivity contribution in [3.63, 3.8) is 0 Å². The summed E-state index contributed by atoms with van der Waals surface area (Å²) in [5.74, 6) is 0.0206. The molecule has 0 aromatic heterocycles. The van der Waals surface area contributed by atoms with E-state index in [0.29, 0.717) is 13.2 Å². The molecule has 0 aliphatic carbocycles. The molecule has 0 aromatic rings. The highest BCUT2D eigenvalue weighted by Gasteiger charge is 2.25. The molecule has 0 aromatic carbocycles. The fourth-order valence-corrected chi connectivity index (χ4v) is 2.39. The summed E-state index contributed by atoms with van der Waals surface area (Å²) in [5, 5.41) is 0. The van der Waals surface area contributed by atoms with Crippen molar-refractivity contribution in [1.29, 1.82) is 0 Å². The SMILES string of the molecule is CCOC(CN)CCN1CCC(C(=O)OC)CC1. The number of piperidine rings is 1. The number of ether oxygens (including phenoxy) is 2. The van der Waals surface area contributed by atoms with Crippen molar-refractivity contribution in [3.8, 4) is 0 Å². The summed E-state index contributed by atoms with van der Waals surface area (Å²) < 4.78 is 10.3. The van der Waals surface area contributed by atoms with Gasteiger partial charge in [-0.25, -0.2) is 0 Å². The van der Waals surface area contributed by atoms with Crippen LogP contribution in [0, 0.1) is 5.92 Å². The molecule has 5 nitrogen and oxygen atoms in total. The van der Waals surface area contributed by atoms with Crippen LogP contribution in [0.2, 0.25) is 0 Å². The molecule has 18 heavy (non-hydrogen) atoms. The Balaban J connectivity index is 2.21. The Kier molecular flexibility index (Phi) is 7.23. The van der Waals surface area contributed by atoms with Crippen molar-refractivity contribution in [2.75, 3.05) is 39.9 Å². The minimum Gasteiger partial charge on any atom is -0.469 e. The van der Waals surface area contributed by atoms with Gasteiger partial charge in [-0.05, 0) is 39.3 Å². The Bertz CT molecular complexity index is 240. The first-order chi connectivity index (χ1) is 8.71. The van der Waals surface area contributed by atoms with Crippen LogP contribution in [-0.4, -0.2) is 56.9 Å². The number of carbonyl (C=O) groups excluding carboxylic acids is 1. The van der Waals surface area contributed by atoms with E-state index >= 15 is 0 Å². The van der Waals surface area contributed by atoms with Crippen molar-refractivity contribution in [3.05, 3.63) is 0 Å². The molecular formula is C13H26N2O3. The zero-order valence-electron chi connectivity index (χ0n) is 11.6. The maximum Gasteiger partial charge on any atom is 0.308 e. The quantitative estimate of drug-likeness (QED) is 0.678. The maximum atomic E-state index is 11.4. The van der Waals surface area contributed by atoms with Crippen LogP contribution in [0.1, 0.15) is 26.2 Å². The minimum absolute atomic E-state index is 0.0659. The Labute approximate surface area is 110 Å². The number of hydrogen-bond acceptors (Lipinski definition) is 5. The molecule has 1 heterocycles. The first-order valence-corrected chi connectivity index (χ1v) is 6.83. The van der Waals surface area contributed by atoms with Crippen LogP contribution in [0.25, 0.3) is 0 Å². The van der Waals surface area contributed by atoms with E-state index in [-0.39, 0.29) is 18.0 Å². The third-order valence-corrected chi connectivity index (χ3v) is 3.55. The summed E-state index contributed by atoms with van der Waals surface area (Å²) in [5.41, 5.74) is 5.65. The molecule has 1 rings (SSSR count). The third kappa shape index (κ3) is 4.92. The molecule has 1 aliphatic heterocycles. The summed E-state index contributed by atoms with van der Waals surface area (Å²) in [6, 6.07) is 0. The van der Waals surface area contributed by atoms with Gasteiger partial charge in [-0.15, -0.1) is 0 Å². The highest BCUT2D eigenvalue weighted by molar-refractivity contribution is 5.72. The van der Waals surface area contributed by atoms with Gasteiger partial charge in [0.25, 0.3) is 0 Å². The van der Waals surface area contributed by atoms with Crippen LogP contribution in [0.4, 0.5) is 0 Å². The second-order valence-electron chi connectivity index (χ2n) is 4.74. The van der Waals surface area contributed by atoms with E-state index in [1.165, 1.54) is 7.11 Å². The second kappa shape index (κ2) is 8.45. The topological polar surface area (TPSA) is 64.8 Å². The first kappa shape index (κ1) is 15.4. The average Bonchev–Trinajstić information content (AvgIpc) is 2.43. The predicted octanol–water partition coefficient (Wildman–Crippen LogP) is 0.625. The monoisotopic (exact) mass is 258 g/mol. The molecule has 0 amide bonds. The lowest BCUT2D eigenvalue weighted by Gasteiger charge is -2.31. The summed E-state index contributed by atoms with van der Waals surface area (Å²) in [7, 11) is 1.46. The normalized spacial score (nSPS) is 19.7. The van der Waals surface area contributed by atoms with Crippen LogP contribution in [0.5, 0.6) is 0 Å². The summed E-state index contributed by atoms with van der Waals surface area (Å²) >= 11 is 0. The van der Waals surface area contributed by atoms with Gasteiger partial charge in [0.15, 0.2) is 0 Å². The maximum absolute atomic E-state index is 11.4. The van der Waals surface area contributed by atoms with Crippen molar-refractivity contribution < 1.29 is 14.3 Å². The number of carbonyl (C=O) groups is 1. The number of nitrogens with zero attached hydrogens (tertiary/aromatic N) is 1. The molecule has 1 fully saturated rings. The molecule has 0 spiro atoms. The summed E-state index contributed by atoms with van der Waals surface area (Å²) in [4.78, 5) is 13.8. The molecule has 106 valence electrons. The van der Waals surface area contributed by atoms with Crippen LogP contribution in [0.3, 0.4) is 0 Å². The lowest BCUT2D eigenvalue weighted by molar-refractivity contribution is -0.147. The van der Waals surface area contributed by atoms with Gasteiger partial charge >= 0.3 is 5.97 Å². The number of nitrogens with two attached hydrogens (primary N) is 1. The van der Waals surface area contributed by atoms with Gasteiger partial charge in [0, 0.05) is 19.7 Å². The predicted molar refractivity (Wildman–Crippen MR) is 70.3 cm³/mol. The first-order valence-electron chi connectivity index (χ1n) is 6.83. The van der Waals surface area contributed by atoms with Gasteiger partial charge in [-0.3, -0.25) is 4.79 Å². The van der Waals surface area contributed by atoms with Crippen molar-refractivity contribution in [2.24, 2.45) is 11.7 Å². The molecule has 1 saturated heterocycles. The minimum atomic E-state index is -0.0659. The van der Waals surface area contributed by atoms with Gasteiger partial charge in [-0.2, -0.15) is 0 Å². The van der Waals surface area contributed by atoms with Crippen LogP contribution in [0.15, 0.2) is 0 Å². The Morgan fingerprint density at radius 2 is 2.11 bits per heavy atom. The van der Waals surface area contributed by atoms with Gasteiger partial charge in [0.05, 0.1) is 19.1 Å². The fourth-order valence-electron chi connectivity index (χ4n) is 2.39. The fraction of sp³-hybridized carbons (Fsp3) is 0.923. The summed E-state index contributed by atoms with van der Waals surface area (Å²) in [6.45, 7) is 6.20. The molecule has 1 unspecified atom stereocenters. The molecule has 0 radical (unpaired) electrons. The van der Waals surface area contributed by atoms with E-state index in [0.717, 1.165) is 38.9 Å². The lowest BCUT2D eigenvalue weighted by Crippen LogP contribution is -2.39. The highest BCUT2D eigenvalue weighted by atomic mass is 16.5. The lowest BCUT2D eigenvalue weighted by atomic mass is 9.97. The van der Waals surface area contributed by atoms with Gasteiger partial charge in [-0.1, -0.05) is 0 Å². The van der Waals surface area contributed by atoms with Gasteiger partial charge in [0.1, 0.15) is 0 Å². The molecule has 2 N–H and O–H groups in total. The van der Waals surface area contributed by atoms with Crippen molar-refractivity contribution >= 4 is 5.97 Å². The number of rotatable bonds is 7. The van der Waals surface area contributed by atoms with E-state index in [1.807, 2.05) is 6.92 Å². The van der Waals surface area contributed by atoms with Crippen LogP contribution >= 0.6 is 0 Å². The van der Waals surface area contributed by atoms with Crippen LogP contribution in [-0.2, 0) is 14.3 Å². The van der Waals surface area contributed by atoms with Crippen molar-refractivity contribution in [2.45, 2.75) is 32.3 Å². The number of methoxy groups -OCH3 is 1. The summed E-state index contributed by atoms with van der Waals surface area (Å²) in [6.07, 6.45) is 2.92. The molecular weight excluding hydrogens is 232 g/mol. The number of hydrogen-bond donors (Lipinski definition) is 1. The number of esters is 1. The zero-order valence-corrected chi connectivity index (χ0v) is 11.6. The Hall–Kier alpha value is -0.650. The molecule has 0 bridgehead atoms. The van der Waals surface area contributed by atoms with Gasteiger partial charge in [0.2, 0.25) is 0 Å². The zero-order chi connectivity index (χ0) is 13.4. The third-order valence-electron chi connectivity index (χ3n) is 3.55. The van der Waals surface area contributed by atoms with E-state index in [2.05, 4.69) is 4.90 Å². The molecule has 1 aliphatic rings. The van der Waals surface area contributed by atoms with Crippen molar-refractivity contribution in [1.82, 2.24) is 4.90 Å². The Morgan fingerprint density at radius 3 is 2.61 bits per heavy atom. The van der Waals surface area contributed by atoms with Gasteiger partial charge < -0.3 is 20.1 Å². The highest BCUT2D eigenvalue weighted by Crippen LogP contribution is 2.18. The standard InChI is InChI=1S/C13H26N2O3/c1-3-18-12(10-14)6-9-15-7-4-11(5-8-15)13(16)17-2/h11-12H,3-10,14H2,1-2H3. The van der Waals surface area contributed by atoms with E-state index in [4.69, 9.17) is 15.2 Å². The molecule has 0 saturated carbocycles. The van der Waals surface area contributed by atoms with E-state index in [9.17, 15) is 4.79 Å². The Morgan fingerprint density at radius 1 is 1.44 bits per heavy atom. The van der Waals surface area contributed by atoms with E-state index in [1.54, 1.807) is 0 Å². The van der Waals surface area contributed by atoms with Crippen LogP contribution < -0.4 is 5.73 Å². The molecule has 5 heteroatoms. The second-order valence-corrected chi connectivity index (χ2v) is 4.74.